The van der Waals surface area contributed by atoms with Crippen LogP contribution in [0.4, 0.5) is 0 Å². The molecule has 0 heterocycles. The lowest BCUT2D eigenvalue weighted by atomic mass is 10.1. The van der Waals surface area contributed by atoms with E-state index in [0.717, 1.165) is 11.6 Å². The van der Waals surface area contributed by atoms with Gasteiger partial charge in [0.05, 0.1) is 6.61 Å². The first-order valence-corrected chi connectivity index (χ1v) is 7.97. The van der Waals surface area contributed by atoms with Gasteiger partial charge >= 0.3 is 5.97 Å². The molecule has 0 saturated heterocycles. The minimum Gasteiger partial charge on any atom is -0.478 e. The largest absolute Gasteiger partial charge is 0.478 e. The van der Waals surface area contributed by atoms with Gasteiger partial charge in [0.25, 0.3) is 0 Å². The summed E-state index contributed by atoms with van der Waals surface area (Å²) in [7, 11) is 0. The van der Waals surface area contributed by atoms with Gasteiger partial charge in [0.15, 0.2) is 0 Å². The Morgan fingerprint density at radius 2 is 1.42 bits per heavy atom. The summed E-state index contributed by atoms with van der Waals surface area (Å²) in [6.07, 6.45) is 2.67. The maximum absolute atomic E-state index is 9.25. The Labute approximate surface area is 156 Å². The summed E-state index contributed by atoms with van der Waals surface area (Å²) < 4.78 is 0. The van der Waals surface area contributed by atoms with Crippen LogP contribution >= 0.6 is 0 Å². The number of carboxylic acids is 1. The molecule has 0 aliphatic carbocycles. The minimum atomic E-state index is -0.981. The van der Waals surface area contributed by atoms with Crippen LogP contribution in [-0.2, 0) is 4.79 Å². The van der Waals surface area contributed by atoms with Crippen molar-refractivity contribution < 1.29 is 15.0 Å². The van der Waals surface area contributed by atoms with Crippen molar-refractivity contribution in [1.29, 1.82) is 0 Å². The molecule has 0 saturated carbocycles. The number of benzene rings is 2. The van der Waals surface area contributed by atoms with E-state index in [9.17, 15) is 4.79 Å². The summed E-state index contributed by atoms with van der Waals surface area (Å²) in [5, 5.41) is 15.4. The molecule has 4 N–H and O–H groups in total. The second-order valence-electron chi connectivity index (χ2n) is 4.82. The number of carbonyl (C=O) groups is 1. The average Bonchev–Trinajstić information content (AvgIpc) is 2.70. The average molecular weight is 355 g/mol. The molecular weight excluding hydrogens is 326 g/mol. The SMILES string of the molecule is C=C(C)c1ccccc1.C=CC(=O)O.C=Cc1ccccc1.NCCO. The Morgan fingerprint density at radius 1 is 1.04 bits per heavy atom. The van der Waals surface area contributed by atoms with Crippen molar-refractivity contribution in [3.63, 3.8) is 0 Å². The van der Waals surface area contributed by atoms with Gasteiger partial charge in [0.1, 0.15) is 0 Å². The lowest BCUT2D eigenvalue weighted by Crippen LogP contribution is -2.02. The number of aliphatic hydroxyl groups excluding tert-OH is 1. The topological polar surface area (TPSA) is 83.5 Å². The van der Waals surface area contributed by atoms with Crippen LogP contribution in [0.15, 0.2) is 86.5 Å². The van der Waals surface area contributed by atoms with Gasteiger partial charge in [-0.2, -0.15) is 0 Å². The molecule has 26 heavy (non-hydrogen) atoms. The quantitative estimate of drug-likeness (QED) is 0.716. The van der Waals surface area contributed by atoms with E-state index in [4.69, 9.17) is 15.9 Å². The molecule has 0 aliphatic rings. The zero-order valence-corrected chi connectivity index (χ0v) is 15.3. The molecule has 0 radical (unpaired) electrons. The molecule has 4 nitrogen and oxygen atoms in total. The van der Waals surface area contributed by atoms with Gasteiger partial charge in [-0.1, -0.05) is 92.0 Å². The zero-order chi connectivity index (χ0) is 20.2. The minimum absolute atomic E-state index is 0.0972. The maximum atomic E-state index is 9.25. The third-order valence-electron chi connectivity index (χ3n) is 2.61. The van der Waals surface area contributed by atoms with E-state index >= 15 is 0 Å². The van der Waals surface area contributed by atoms with Gasteiger partial charge in [-0.25, -0.2) is 4.79 Å². The molecule has 0 spiro atoms. The van der Waals surface area contributed by atoms with Crippen LogP contribution in [-0.4, -0.2) is 29.3 Å². The number of nitrogens with two attached hydrogens (primary N) is 1. The number of rotatable bonds is 4. The fraction of sp³-hybridized carbons (Fsp3) is 0.136. The van der Waals surface area contributed by atoms with E-state index in [1.807, 2.05) is 61.5 Å². The molecule has 0 aromatic heterocycles. The highest BCUT2D eigenvalue weighted by molar-refractivity contribution is 5.78. The van der Waals surface area contributed by atoms with Crippen LogP contribution in [0.2, 0.25) is 0 Å². The van der Waals surface area contributed by atoms with E-state index < -0.39 is 5.97 Å². The molecule has 0 amide bonds. The van der Waals surface area contributed by atoms with E-state index in [1.54, 1.807) is 0 Å². The zero-order valence-electron chi connectivity index (χ0n) is 15.3. The van der Waals surface area contributed by atoms with E-state index in [1.165, 1.54) is 11.1 Å². The number of aliphatic hydroxyl groups is 1. The number of carboxylic acid groups (broad SMARTS) is 1. The van der Waals surface area contributed by atoms with Gasteiger partial charge in [-0.15, -0.1) is 0 Å². The van der Waals surface area contributed by atoms with Crippen molar-refractivity contribution >= 4 is 17.6 Å². The van der Waals surface area contributed by atoms with Crippen molar-refractivity contribution in [2.24, 2.45) is 5.73 Å². The van der Waals surface area contributed by atoms with Crippen LogP contribution in [0.3, 0.4) is 0 Å². The van der Waals surface area contributed by atoms with E-state index in [-0.39, 0.29) is 6.61 Å². The Bertz CT molecular complexity index is 620. The van der Waals surface area contributed by atoms with Gasteiger partial charge in [-0.05, 0) is 18.1 Å². The van der Waals surface area contributed by atoms with Gasteiger partial charge in [0.2, 0.25) is 0 Å². The molecule has 2 aromatic rings. The second kappa shape index (κ2) is 18.4. The number of hydrogen-bond acceptors (Lipinski definition) is 3. The molecular formula is C22H29NO3. The summed E-state index contributed by atoms with van der Waals surface area (Å²) in [5.41, 5.74) is 8.29. The fourth-order valence-electron chi connectivity index (χ4n) is 1.31. The van der Waals surface area contributed by atoms with E-state index in [0.29, 0.717) is 6.54 Å². The summed E-state index contributed by atoms with van der Waals surface area (Å²) in [5.74, 6) is -0.981. The number of hydrogen-bond donors (Lipinski definition) is 3. The Balaban J connectivity index is 0. The molecule has 4 heteroatoms. The van der Waals surface area contributed by atoms with E-state index in [2.05, 4.69) is 31.9 Å². The van der Waals surface area contributed by atoms with Gasteiger partial charge in [-0.3, -0.25) is 0 Å². The molecule has 0 unspecified atom stereocenters. The first-order valence-electron chi connectivity index (χ1n) is 7.97. The molecule has 0 aliphatic heterocycles. The summed E-state index contributed by atoms with van der Waals surface area (Å²) in [6, 6.07) is 20.2. The van der Waals surface area contributed by atoms with Crippen molar-refractivity contribution in [1.82, 2.24) is 0 Å². The van der Waals surface area contributed by atoms with Gasteiger partial charge < -0.3 is 15.9 Å². The maximum Gasteiger partial charge on any atom is 0.327 e. The smallest absolute Gasteiger partial charge is 0.327 e. The second-order valence-corrected chi connectivity index (χ2v) is 4.82. The fourth-order valence-corrected chi connectivity index (χ4v) is 1.31. The highest BCUT2D eigenvalue weighted by atomic mass is 16.4. The third kappa shape index (κ3) is 17.4. The molecule has 0 fully saturated rings. The van der Waals surface area contributed by atoms with Crippen LogP contribution in [0.1, 0.15) is 18.1 Å². The Morgan fingerprint density at radius 3 is 1.62 bits per heavy atom. The predicted octanol–water partition coefficient (Wildman–Crippen LogP) is 4.24. The molecule has 2 aromatic carbocycles. The lowest BCUT2D eigenvalue weighted by molar-refractivity contribution is -0.131. The Hall–Kier alpha value is -2.95. The van der Waals surface area contributed by atoms with Crippen LogP contribution < -0.4 is 5.73 Å². The summed E-state index contributed by atoms with van der Waals surface area (Å²) in [6.45, 7) is 12.9. The summed E-state index contributed by atoms with van der Waals surface area (Å²) >= 11 is 0. The van der Waals surface area contributed by atoms with Crippen molar-refractivity contribution in [3.8, 4) is 0 Å². The van der Waals surface area contributed by atoms with Gasteiger partial charge in [0, 0.05) is 12.6 Å². The van der Waals surface area contributed by atoms with Crippen molar-refractivity contribution in [2.75, 3.05) is 13.2 Å². The van der Waals surface area contributed by atoms with Crippen LogP contribution in [0.5, 0.6) is 0 Å². The van der Waals surface area contributed by atoms with Crippen molar-refractivity contribution in [3.05, 3.63) is 97.6 Å². The molecule has 0 atom stereocenters. The predicted molar refractivity (Wildman–Crippen MR) is 112 cm³/mol. The normalized spacial score (nSPS) is 8.12. The highest BCUT2D eigenvalue weighted by Crippen LogP contribution is 2.08. The lowest BCUT2D eigenvalue weighted by Gasteiger charge is -1.94. The Kier molecular flexibility index (Phi) is 17.9. The van der Waals surface area contributed by atoms with Crippen LogP contribution in [0.25, 0.3) is 11.6 Å². The van der Waals surface area contributed by atoms with Crippen LogP contribution in [0, 0.1) is 0 Å². The standard InChI is InChI=1S/C9H10.C8H8.C3H4O2.C2H7NO/c1-8(2)9-6-4-3-5-7-9;1-2-8-6-4-3-5-7-8;1-2-3(4)5;3-1-2-4/h3-7H,1H2,2H3;2-7H,1H2;2H,1H2,(H,4,5);4H,1-3H2. The first kappa shape index (κ1) is 25.3. The summed E-state index contributed by atoms with van der Waals surface area (Å²) in [4.78, 5) is 9.25. The molecule has 0 bridgehead atoms. The molecule has 140 valence electrons. The van der Waals surface area contributed by atoms with Crippen molar-refractivity contribution in [2.45, 2.75) is 6.92 Å². The number of allylic oxidation sites excluding steroid dienone is 1. The first-order chi connectivity index (χ1) is 12.4. The monoisotopic (exact) mass is 355 g/mol. The highest BCUT2D eigenvalue weighted by Gasteiger charge is 1.86. The number of aliphatic carboxylic acids is 1. The third-order valence-corrected chi connectivity index (χ3v) is 2.61. The molecule has 2 rings (SSSR count).